The van der Waals surface area contributed by atoms with Crippen molar-refractivity contribution in [1.29, 1.82) is 5.26 Å². The molecule has 1 saturated heterocycles. The lowest BCUT2D eigenvalue weighted by atomic mass is 9.94. The predicted molar refractivity (Wildman–Crippen MR) is 140 cm³/mol. The minimum Gasteiger partial charge on any atom is -0.493 e. The molecule has 4 rings (SSSR count). The van der Waals surface area contributed by atoms with Crippen LogP contribution in [-0.4, -0.2) is 49.2 Å². The number of aromatic amines is 1. The van der Waals surface area contributed by atoms with Gasteiger partial charge in [0.25, 0.3) is 15.9 Å². The van der Waals surface area contributed by atoms with Crippen LogP contribution in [-0.2, 0) is 10.0 Å². The molecule has 0 atom stereocenters. The molecule has 1 amide bonds. The SMILES string of the molecule is CC(C)COc1cc(F)cc(-c2ccc(C(=O)NS(=O)(=O)c3ccn[nH]3)c(N3CCC(CC#N)CC3)n2)c1.[HH]. The number of benzene rings is 1. The van der Waals surface area contributed by atoms with Gasteiger partial charge in [-0.25, -0.2) is 14.1 Å². The van der Waals surface area contributed by atoms with Crippen LogP contribution < -0.4 is 14.4 Å². The highest BCUT2D eigenvalue weighted by Crippen LogP contribution is 2.31. The van der Waals surface area contributed by atoms with Gasteiger partial charge in [0.15, 0.2) is 5.03 Å². The van der Waals surface area contributed by atoms with Gasteiger partial charge in [-0.05, 0) is 55.0 Å². The van der Waals surface area contributed by atoms with Crippen LogP contribution in [0.4, 0.5) is 10.2 Å². The molecule has 1 aliphatic heterocycles. The molecular weight excluding hydrogens is 511 g/mol. The number of rotatable bonds is 9. The van der Waals surface area contributed by atoms with E-state index in [9.17, 15) is 17.6 Å². The van der Waals surface area contributed by atoms with E-state index in [1.54, 1.807) is 12.1 Å². The highest BCUT2D eigenvalue weighted by molar-refractivity contribution is 7.90. The molecule has 10 nitrogen and oxygen atoms in total. The number of carbonyl (C=O) groups is 1. The number of nitriles is 1. The van der Waals surface area contributed by atoms with Gasteiger partial charge in [-0.15, -0.1) is 0 Å². The average Bonchev–Trinajstić information content (AvgIpc) is 3.44. The van der Waals surface area contributed by atoms with Crippen LogP contribution in [0.2, 0.25) is 0 Å². The number of nitrogens with one attached hydrogen (secondary N) is 2. The Hall–Kier alpha value is -3.98. The largest absolute Gasteiger partial charge is 0.493 e. The maximum Gasteiger partial charge on any atom is 0.281 e. The lowest BCUT2D eigenvalue weighted by Crippen LogP contribution is -2.37. The summed E-state index contributed by atoms with van der Waals surface area (Å²) >= 11 is 0. The summed E-state index contributed by atoms with van der Waals surface area (Å²) in [6, 6.07) is 10.8. The summed E-state index contributed by atoms with van der Waals surface area (Å²) < 4.78 is 47.5. The van der Waals surface area contributed by atoms with Crippen LogP contribution in [0.5, 0.6) is 5.75 Å². The predicted octanol–water partition coefficient (Wildman–Crippen LogP) is 4.14. The highest BCUT2D eigenvalue weighted by atomic mass is 32.2. The molecule has 1 fully saturated rings. The van der Waals surface area contributed by atoms with Crippen molar-refractivity contribution in [2.75, 3.05) is 24.6 Å². The first kappa shape index (κ1) is 27.1. The zero-order valence-corrected chi connectivity index (χ0v) is 22.0. The molecule has 1 aromatic carbocycles. The Bertz CT molecular complexity index is 1440. The quantitative estimate of drug-likeness (QED) is 0.411. The molecule has 0 unspecified atom stereocenters. The number of anilines is 1. The Morgan fingerprint density at radius 1 is 1.29 bits per heavy atom. The number of piperidine rings is 1. The number of sulfonamides is 1. The maximum absolute atomic E-state index is 14.5. The fraction of sp³-hybridized carbons (Fsp3) is 0.385. The van der Waals surface area contributed by atoms with E-state index in [0.29, 0.717) is 43.1 Å². The summed E-state index contributed by atoms with van der Waals surface area (Å²) in [4.78, 5) is 19.8. The highest BCUT2D eigenvalue weighted by Gasteiger charge is 2.27. The van der Waals surface area contributed by atoms with E-state index in [-0.39, 0.29) is 29.7 Å². The Balaban J connectivity index is 0.00000420. The van der Waals surface area contributed by atoms with E-state index >= 15 is 0 Å². The molecule has 0 radical (unpaired) electrons. The molecular formula is C26H31FN6O4S. The second-order valence-electron chi connectivity index (χ2n) is 9.60. The molecule has 2 aromatic heterocycles. The smallest absolute Gasteiger partial charge is 0.281 e. The van der Waals surface area contributed by atoms with E-state index < -0.39 is 21.7 Å². The van der Waals surface area contributed by atoms with Gasteiger partial charge in [-0.3, -0.25) is 9.89 Å². The number of pyridine rings is 1. The number of halogens is 1. The number of H-pyrrole nitrogens is 1. The Kier molecular flexibility index (Phi) is 8.26. The molecule has 3 aromatic rings. The van der Waals surface area contributed by atoms with Gasteiger partial charge in [0.1, 0.15) is 17.4 Å². The third-order valence-electron chi connectivity index (χ3n) is 6.16. The minimum absolute atomic E-state index is 0. The molecule has 0 aliphatic carbocycles. The van der Waals surface area contributed by atoms with Crippen molar-refractivity contribution in [3.05, 3.63) is 54.0 Å². The van der Waals surface area contributed by atoms with Crippen molar-refractivity contribution < 1.29 is 23.8 Å². The zero-order chi connectivity index (χ0) is 27.3. The first-order chi connectivity index (χ1) is 18.2. The van der Waals surface area contributed by atoms with Crippen LogP contribution in [0, 0.1) is 29.0 Å². The molecule has 38 heavy (non-hydrogen) atoms. The molecule has 2 N–H and O–H groups in total. The van der Waals surface area contributed by atoms with Gasteiger partial charge < -0.3 is 9.64 Å². The summed E-state index contributed by atoms with van der Waals surface area (Å²) in [6.45, 7) is 5.46. The second-order valence-corrected chi connectivity index (χ2v) is 11.2. The standard InChI is InChI=1S/C26H29FN6O4S.H2/c1-17(2)16-37-21-14-19(13-20(27)15-21)23-4-3-22(26(34)32-38(35,36)24-6-10-29-31-24)25(30-23)33-11-7-18(5-9-28)8-12-33;/h3-4,6,10,13-15,17-18H,5,7-8,11-12,16H2,1-2H3,(H,29,31)(H,32,34);1H. The molecule has 0 spiro atoms. The normalized spacial score (nSPS) is 14.3. The topological polar surface area (TPSA) is 141 Å². The van der Waals surface area contributed by atoms with Crippen molar-refractivity contribution in [3.63, 3.8) is 0 Å². The summed E-state index contributed by atoms with van der Waals surface area (Å²) in [7, 11) is -4.18. The number of aromatic nitrogens is 3. The Labute approximate surface area is 222 Å². The number of hydrogen-bond acceptors (Lipinski definition) is 8. The van der Waals surface area contributed by atoms with Gasteiger partial charge in [-0.1, -0.05) is 13.8 Å². The molecule has 0 bridgehead atoms. The third kappa shape index (κ3) is 6.47. The summed E-state index contributed by atoms with van der Waals surface area (Å²) in [5, 5.41) is 14.8. The first-order valence-electron chi connectivity index (χ1n) is 12.3. The van der Waals surface area contributed by atoms with Crippen molar-refractivity contribution in [2.45, 2.75) is 38.1 Å². The molecule has 0 saturated carbocycles. The number of ether oxygens (including phenoxy) is 1. The van der Waals surface area contributed by atoms with E-state index in [4.69, 9.17) is 15.0 Å². The number of hydrogen-bond donors (Lipinski definition) is 2. The number of nitrogens with zero attached hydrogens (tertiary/aromatic N) is 4. The van der Waals surface area contributed by atoms with E-state index in [2.05, 4.69) is 21.0 Å². The van der Waals surface area contributed by atoms with Crippen molar-refractivity contribution >= 4 is 21.7 Å². The third-order valence-corrected chi connectivity index (χ3v) is 7.42. The molecule has 3 heterocycles. The second kappa shape index (κ2) is 11.6. The van der Waals surface area contributed by atoms with E-state index in [0.717, 1.165) is 12.8 Å². The van der Waals surface area contributed by atoms with E-state index in [1.807, 2.05) is 18.7 Å². The Morgan fingerprint density at radius 3 is 2.71 bits per heavy atom. The summed E-state index contributed by atoms with van der Waals surface area (Å²) in [5.74, 6) is -0.207. The average molecular weight is 543 g/mol. The van der Waals surface area contributed by atoms with Crippen LogP contribution in [0.3, 0.4) is 0 Å². The minimum atomic E-state index is -4.18. The lowest BCUT2D eigenvalue weighted by molar-refractivity contribution is 0.0981. The number of amides is 1. The molecule has 12 heteroatoms. The molecule has 202 valence electrons. The van der Waals surface area contributed by atoms with Gasteiger partial charge in [0.05, 0.1) is 30.1 Å². The summed E-state index contributed by atoms with van der Waals surface area (Å²) in [6.07, 6.45) is 3.16. The maximum atomic E-state index is 14.5. The van der Waals surface area contributed by atoms with Gasteiger partial charge >= 0.3 is 0 Å². The number of carbonyl (C=O) groups excluding carboxylic acids is 1. The fourth-order valence-corrected chi connectivity index (χ4v) is 5.06. The van der Waals surface area contributed by atoms with Gasteiger partial charge in [0, 0.05) is 32.6 Å². The van der Waals surface area contributed by atoms with Crippen molar-refractivity contribution in [3.8, 4) is 23.1 Å². The lowest BCUT2D eigenvalue weighted by Gasteiger charge is -2.33. The molecule has 1 aliphatic rings. The fourth-order valence-electron chi connectivity index (χ4n) is 4.19. The van der Waals surface area contributed by atoms with E-state index in [1.165, 1.54) is 30.5 Å². The van der Waals surface area contributed by atoms with Crippen LogP contribution >= 0.6 is 0 Å². The Morgan fingerprint density at radius 2 is 2.05 bits per heavy atom. The van der Waals surface area contributed by atoms with Gasteiger partial charge in [0.2, 0.25) is 0 Å². The van der Waals surface area contributed by atoms with Crippen LogP contribution in [0.25, 0.3) is 11.3 Å². The van der Waals surface area contributed by atoms with Gasteiger partial charge in [-0.2, -0.15) is 18.8 Å². The monoisotopic (exact) mass is 542 g/mol. The first-order valence-corrected chi connectivity index (χ1v) is 13.8. The van der Waals surface area contributed by atoms with Crippen LogP contribution in [0.15, 0.2) is 47.6 Å². The zero-order valence-electron chi connectivity index (χ0n) is 21.1. The van der Waals surface area contributed by atoms with Crippen LogP contribution in [0.1, 0.15) is 44.9 Å². The van der Waals surface area contributed by atoms with Crippen molar-refractivity contribution in [2.24, 2.45) is 11.8 Å². The van der Waals surface area contributed by atoms with Crippen molar-refractivity contribution in [1.82, 2.24) is 19.9 Å². The summed E-state index contributed by atoms with van der Waals surface area (Å²) in [5.41, 5.74) is 0.922.